The first kappa shape index (κ1) is 16.7. The van der Waals surface area contributed by atoms with E-state index in [-0.39, 0.29) is 12.6 Å². The van der Waals surface area contributed by atoms with E-state index in [4.69, 9.17) is 9.84 Å². The molecule has 0 saturated heterocycles. The first-order valence-corrected chi connectivity index (χ1v) is 6.24. The third-order valence-corrected chi connectivity index (χ3v) is 2.90. The van der Waals surface area contributed by atoms with Crippen molar-refractivity contribution in [2.45, 2.75) is 33.3 Å². The van der Waals surface area contributed by atoms with Gasteiger partial charge in [0.1, 0.15) is 0 Å². The maximum absolute atomic E-state index is 11.8. The zero-order valence-electron chi connectivity index (χ0n) is 11.6. The Balaban J connectivity index is 4.23. The number of carboxylic acids is 1. The normalized spacial score (nSPS) is 13.8. The van der Waals surface area contributed by atoms with E-state index in [2.05, 4.69) is 19.2 Å². The third kappa shape index (κ3) is 5.86. The van der Waals surface area contributed by atoms with Crippen molar-refractivity contribution in [3.63, 3.8) is 0 Å². The van der Waals surface area contributed by atoms with Gasteiger partial charge in [-0.15, -0.1) is 0 Å². The quantitative estimate of drug-likeness (QED) is 0.686. The molecule has 2 N–H and O–H groups in total. The number of rotatable bonds is 8. The molecule has 0 heterocycles. The lowest BCUT2D eigenvalue weighted by atomic mass is 10.1. The molecule has 6 nitrogen and oxygen atoms in total. The van der Waals surface area contributed by atoms with E-state index in [1.54, 1.807) is 4.90 Å². The second kappa shape index (κ2) is 8.74. The molecule has 0 bridgehead atoms. The molecular formula is C12H24N2O4. The van der Waals surface area contributed by atoms with Crippen LogP contribution >= 0.6 is 0 Å². The molecule has 6 heteroatoms. The summed E-state index contributed by atoms with van der Waals surface area (Å²) in [4.78, 5) is 24.2. The van der Waals surface area contributed by atoms with Gasteiger partial charge in [-0.25, -0.2) is 9.59 Å². The first-order chi connectivity index (χ1) is 8.46. The van der Waals surface area contributed by atoms with Crippen molar-refractivity contribution in [1.82, 2.24) is 10.2 Å². The third-order valence-electron chi connectivity index (χ3n) is 2.90. The van der Waals surface area contributed by atoms with Crippen molar-refractivity contribution in [2.24, 2.45) is 5.92 Å². The Morgan fingerprint density at radius 3 is 2.39 bits per heavy atom. The maximum atomic E-state index is 11.8. The summed E-state index contributed by atoms with van der Waals surface area (Å²) < 4.78 is 4.75. The smallest absolute Gasteiger partial charge is 0.334 e. The molecule has 106 valence electrons. The minimum atomic E-state index is -1.08. The maximum Gasteiger partial charge on any atom is 0.334 e. The average Bonchev–Trinajstić information content (AvgIpc) is 2.35. The molecule has 0 saturated carbocycles. The van der Waals surface area contributed by atoms with Crippen LogP contribution in [0.4, 0.5) is 4.79 Å². The second-order valence-electron chi connectivity index (χ2n) is 4.30. The molecular weight excluding hydrogens is 236 g/mol. The first-order valence-electron chi connectivity index (χ1n) is 6.24. The molecule has 0 aliphatic carbocycles. The SMILES string of the molecule is CCC(C)CN(CC)C(=O)NCC(OC)C(=O)O. The minimum absolute atomic E-state index is 0.0261. The molecule has 18 heavy (non-hydrogen) atoms. The number of hydrogen-bond donors (Lipinski definition) is 2. The van der Waals surface area contributed by atoms with Gasteiger partial charge in [0.25, 0.3) is 0 Å². The number of nitrogens with zero attached hydrogens (tertiary/aromatic N) is 1. The number of aliphatic carboxylic acids is 1. The highest BCUT2D eigenvalue weighted by Gasteiger charge is 2.19. The van der Waals surface area contributed by atoms with E-state index in [1.807, 2.05) is 6.92 Å². The van der Waals surface area contributed by atoms with Gasteiger partial charge in [-0.2, -0.15) is 0 Å². The largest absolute Gasteiger partial charge is 0.479 e. The fraction of sp³-hybridized carbons (Fsp3) is 0.833. The van der Waals surface area contributed by atoms with Crippen LogP contribution < -0.4 is 5.32 Å². The van der Waals surface area contributed by atoms with E-state index >= 15 is 0 Å². The molecule has 2 unspecified atom stereocenters. The van der Waals surface area contributed by atoms with Crippen LogP contribution in [0.2, 0.25) is 0 Å². The van der Waals surface area contributed by atoms with Crippen molar-refractivity contribution < 1.29 is 19.4 Å². The lowest BCUT2D eigenvalue weighted by Crippen LogP contribution is -2.46. The number of ether oxygens (including phenoxy) is 1. The molecule has 0 rings (SSSR count). The number of methoxy groups -OCH3 is 1. The van der Waals surface area contributed by atoms with Crippen LogP contribution in [0.15, 0.2) is 0 Å². The van der Waals surface area contributed by atoms with E-state index < -0.39 is 12.1 Å². The van der Waals surface area contributed by atoms with Crippen molar-refractivity contribution in [2.75, 3.05) is 26.7 Å². The number of nitrogens with one attached hydrogen (secondary N) is 1. The minimum Gasteiger partial charge on any atom is -0.479 e. The molecule has 0 aliphatic rings. The molecule has 0 fully saturated rings. The van der Waals surface area contributed by atoms with Crippen molar-refractivity contribution in [3.05, 3.63) is 0 Å². The highest BCUT2D eigenvalue weighted by atomic mass is 16.5. The summed E-state index contributed by atoms with van der Waals surface area (Å²) in [5.74, 6) is -0.656. The molecule has 0 aromatic carbocycles. The summed E-state index contributed by atoms with van der Waals surface area (Å²) >= 11 is 0. The Morgan fingerprint density at radius 1 is 1.39 bits per heavy atom. The van der Waals surface area contributed by atoms with Crippen molar-refractivity contribution in [1.29, 1.82) is 0 Å². The molecule has 0 radical (unpaired) electrons. The lowest BCUT2D eigenvalue weighted by Gasteiger charge is -2.25. The number of urea groups is 1. The van der Waals surface area contributed by atoms with Gasteiger partial charge >= 0.3 is 12.0 Å². The topological polar surface area (TPSA) is 78.9 Å². The van der Waals surface area contributed by atoms with Crippen molar-refractivity contribution in [3.8, 4) is 0 Å². The van der Waals surface area contributed by atoms with Crippen LogP contribution in [0.5, 0.6) is 0 Å². The number of hydrogen-bond acceptors (Lipinski definition) is 3. The molecule has 2 amide bonds. The Labute approximate surface area is 108 Å². The summed E-state index contributed by atoms with van der Waals surface area (Å²) in [6.07, 6.45) is -0.00386. The number of carbonyl (C=O) groups is 2. The van der Waals surface area contributed by atoms with Crippen molar-refractivity contribution >= 4 is 12.0 Å². The number of carbonyl (C=O) groups excluding carboxylic acids is 1. The van der Waals surface area contributed by atoms with Crippen LogP contribution in [-0.2, 0) is 9.53 Å². The van der Waals surface area contributed by atoms with Crippen LogP contribution in [0.25, 0.3) is 0 Å². The fourth-order valence-corrected chi connectivity index (χ4v) is 1.42. The zero-order chi connectivity index (χ0) is 14.1. The monoisotopic (exact) mass is 260 g/mol. The predicted octanol–water partition coefficient (Wildman–Crippen LogP) is 1.16. The van der Waals surface area contributed by atoms with Crippen LogP contribution in [-0.4, -0.2) is 54.9 Å². The van der Waals surface area contributed by atoms with E-state index in [0.717, 1.165) is 6.42 Å². The van der Waals surface area contributed by atoms with E-state index in [0.29, 0.717) is 19.0 Å². The molecule has 0 aliphatic heterocycles. The van der Waals surface area contributed by atoms with Crippen LogP contribution in [0.1, 0.15) is 27.2 Å². The average molecular weight is 260 g/mol. The van der Waals surface area contributed by atoms with Gasteiger partial charge in [0.15, 0.2) is 6.10 Å². The van der Waals surface area contributed by atoms with Gasteiger partial charge in [0.05, 0.1) is 6.54 Å². The number of amides is 2. The number of carboxylic acid groups (broad SMARTS) is 1. The standard InChI is InChI=1S/C12H24N2O4/c1-5-9(3)8-14(6-2)12(17)13-7-10(18-4)11(15)16/h9-10H,5-8H2,1-4H3,(H,13,17)(H,15,16). The van der Waals surface area contributed by atoms with Gasteiger partial charge < -0.3 is 20.1 Å². The van der Waals surface area contributed by atoms with Gasteiger partial charge in [0.2, 0.25) is 0 Å². The zero-order valence-corrected chi connectivity index (χ0v) is 11.6. The van der Waals surface area contributed by atoms with E-state index in [1.165, 1.54) is 7.11 Å². The fourth-order valence-electron chi connectivity index (χ4n) is 1.42. The Morgan fingerprint density at radius 2 is 2.00 bits per heavy atom. The van der Waals surface area contributed by atoms with E-state index in [9.17, 15) is 9.59 Å². The Bertz CT molecular complexity index is 271. The van der Waals surface area contributed by atoms with Crippen LogP contribution in [0.3, 0.4) is 0 Å². The summed E-state index contributed by atoms with van der Waals surface area (Å²) in [5, 5.41) is 11.4. The summed E-state index contributed by atoms with van der Waals surface area (Å²) in [5.41, 5.74) is 0. The molecule has 2 atom stereocenters. The highest BCUT2D eigenvalue weighted by molar-refractivity contribution is 5.77. The summed E-state index contributed by atoms with van der Waals surface area (Å²) in [6.45, 7) is 7.28. The van der Waals surface area contributed by atoms with Gasteiger partial charge in [-0.05, 0) is 12.8 Å². The Kier molecular flexibility index (Phi) is 8.11. The lowest BCUT2D eigenvalue weighted by molar-refractivity contribution is -0.148. The summed E-state index contributed by atoms with van der Waals surface area (Å²) in [6, 6.07) is -0.249. The predicted molar refractivity (Wildman–Crippen MR) is 68.5 cm³/mol. The molecule has 0 aromatic rings. The molecule has 0 aromatic heterocycles. The second-order valence-corrected chi connectivity index (χ2v) is 4.30. The van der Waals surface area contributed by atoms with Gasteiger partial charge in [-0.3, -0.25) is 0 Å². The molecule has 0 spiro atoms. The van der Waals surface area contributed by atoms with Gasteiger partial charge in [-0.1, -0.05) is 20.3 Å². The summed E-state index contributed by atoms with van der Waals surface area (Å²) in [7, 11) is 1.31. The van der Waals surface area contributed by atoms with Crippen LogP contribution in [0, 0.1) is 5.92 Å². The highest BCUT2D eigenvalue weighted by Crippen LogP contribution is 2.04. The van der Waals surface area contributed by atoms with Gasteiger partial charge in [0, 0.05) is 20.2 Å². The Hall–Kier alpha value is -1.30.